The van der Waals surface area contributed by atoms with Crippen molar-refractivity contribution in [1.82, 2.24) is 0 Å². The van der Waals surface area contributed by atoms with Gasteiger partial charge >= 0.3 is 0 Å². The molecule has 0 aliphatic rings. The number of rotatable bonds is 4. The van der Waals surface area contributed by atoms with Gasteiger partial charge in [-0.05, 0) is 48.4 Å². The van der Waals surface area contributed by atoms with Gasteiger partial charge in [-0.2, -0.15) is 5.26 Å². The van der Waals surface area contributed by atoms with E-state index in [9.17, 15) is 8.42 Å². The largest absolute Gasteiger partial charge is 0.381 e. The van der Waals surface area contributed by atoms with Gasteiger partial charge < -0.3 is 5.32 Å². The molecule has 0 atom stereocenters. The summed E-state index contributed by atoms with van der Waals surface area (Å²) < 4.78 is 22.3. The molecule has 0 saturated carbocycles. The Morgan fingerprint density at radius 3 is 2.38 bits per heavy atom. The fourth-order valence-electron chi connectivity index (χ4n) is 1.90. The van der Waals surface area contributed by atoms with Crippen LogP contribution in [-0.4, -0.2) is 8.42 Å². The smallest absolute Gasteiger partial charge is 0.238 e. The van der Waals surface area contributed by atoms with Gasteiger partial charge in [-0.3, -0.25) is 0 Å². The molecular weight excluding hydrogens is 286 g/mol. The van der Waals surface area contributed by atoms with Crippen LogP contribution in [0.15, 0.2) is 47.4 Å². The first-order valence-corrected chi connectivity index (χ1v) is 7.81. The lowest BCUT2D eigenvalue weighted by Crippen LogP contribution is -2.12. The molecule has 0 spiro atoms. The minimum Gasteiger partial charge on any atom is -0.381 e. The Morgan fingerprint density at radius 1 is 1.19 bits per heavy atom. The first-order chi connectivity index (χ1) is 9.90. The Balaban J connectivity index is 2.07. The Morgan fingerprint density at radius 2 is 1.86 bits per heavy atom. The van der Waals surface area contributed by atoms with Crippen molar-refractivity contribution in [3.63, 3.8) is 0 Å². The molecule has 0 aliphatic carbocycles. The van der Waals surface area contributed by atoms with Crippen molar-refractivity contribution in [3.8, 4) is 6.07 Å². The maximum absolute atomic E-state index is 11.2. The maximum Gasteiger partial charge on any atom is 0.238 e. The number of hydrogen-bond donors (Lipinski definition) is 2. The van der Waals surface area contributed by atoms with Crippen molar-refractivity contribution in [3.05, 3.63) is 59.2 Å². The number of nitrogens with zero attached hydrogens (tertiary/aromatic N) is 1. The number of nitrogens with one attached hydrogen (secondary N) is 1. The standard InChI is InChI=1S/C15H15N3O2S/c1-11-8-14(5-4-13(11)9-16)18-10-12-2-6-15(7-3-12)21(17,19)20/h2-8,18H,10H2,1H3,(H2,17,19,20). The second kappa shape index (κ2) is 5.95. The van der Waals surface area contributed by atoms with Crippen LogP contribution >= 0.6 is 0 Å². The molecule has 0 amide bonds. The highest BCUT2D eigenvalue weighted by Gasteiger charge is 2.06. The molecule has 21 heavy (non-hydrogen) atoms. The summed E-state index contributed by atoms with van der Waals surface area (Å²) in [7, 11) is -3.65. The van der Waals surface area contributed by atoms with E-state index in [0.717, 1.165) is 16.8 Å². The average molecular weight is 301 g/mol. The van der Waals surface area contributed by atoms with E-state index < -0.39 is 10.0 Å². The number of sulfonamides is 1. The molecular formula is C15H15N3O2S. The molecule has 2 aromatic carbocycles. The monoisotopic (exact) mass is 301 g/mol. The third-order valence-corrected chi connectivity index (χ3v) is 4.02. The summed E-state index contributed by atoms with van der Waals surface area (Å²) in [5.74, 6) is 0. The molecule has 5 nitrogen and oxygen atoms in total. The molecule has 0 unspecified atom stereocenters. The second-order valence-corrected chi connectivity index (χ2v) is 6.25. The summed E-state index contributed by atoms with van der Waals surface area (Å²) in [6.07, 6.45) is 0. The Hall–Kier alpha value is -2.36. The van der Waals surface area contributed by atoms with Crippen molar-refractivity contribution in [1.29, 1.82) is 5.26 Å². The van der Waals surface area contributed by atoms with E-state index in [4.69, 9.17) is 10.4 Å². The van der Waals surface area contributed by atoms with Crippen LogP contribution in [0.2, 0.25) is 0 Å². The first kappa shape index (κ1) is 15.0. The third kappa shape index (κ3) is 3.81. The molecule has 0 saturated heterocycles. The maximum atomic E-state index is 11.2. The predicted octanol–water partition coefficient (Wildman–Crippen LogP) is 2.13. The summed E-state index contributed by atoms with van der Waals surface area (Å²) in [5, 5.41) is 17.1. The number of nitrogens with two attached hydrogens (primary N) is 1. The molecule has 0 fully saturated rings. The van der Waals surface area contributed by atoms with Crippen LogP contribution in [0.25, 0.3) is 0 Å². The van der Waals surface area contributed by atoms with Gasteiger partial charge in [0, 0.05) is 12.2 Å². The number of hydrogen-bond acceptors (Lipinski definition) is 4. The zero-order valence-electron chi connectivity index (χ0n) is 11.5. The summed E-state index contributed by atoms with van der Waals surface area (Å²) >= 11 is 0. The van der Waals surface area contributed by atoms with Crippen molar-refractivity contribution in [2.45, 2.75) is 18.4 Å². The van der Waals surface area contributed by atoms with E-state index in [0.29, 0.717) is 12.1 Å². The van der Waals surface area contributed by atoms with Gasteiger partial charge in [0.25, 0.3) is 0 Å². The molecule has 6 heteroatoms. The van der Waals surface area contributed by atoms with Crippen LogP contribution in [0.1, 0.15) is 16.7 Å². The lowest BCUT2D eigenvalue weighted by Gasteiger charge is -2.08. The highest BCUT2D eigenvalue weighted by molar-refractivity contribution is 7.89. The highest BCUT2D eigenvalue weighted by atomic mass is 32.2. The Labute approximate surface area is 124 Å². The second-order valence-electron chi connectivity index (χ2n) is 4.68. The van der Waals surface area contributed by atoms with Crippen LogP contribution in [0, 0.1) is 18.3 Å². The fraction of sp³-hybridized carbons (Fsp3) is 0.133. The van der Waals surface area contributed by atoms with E-state index >= 15 is 0 Å². The normalized spacial score (nSPS) is 10.9. The first-order valence-electron chi connectivity index (χ1n) is 6.26. The van der Waals surface area contributed by atoms with E-state index in [2.05, 4.69) is 11.4 Å². The zero-order chi connectivity index (χ0) is 15.5. The van der Waals surface area contributed by atoms with E-state index in [-0.39, 0.29) is 4.90 Å². The molecule has 0 radical (unpaired) electrons. The van der Waals surface area contributed by atoms with Crippen LogP contribution in [-0.2, 0) is 16.6 Å². The lowest BCUT2D eigenvalue weighted by molar-refractivity contribution is 0.598. The van der Waals surface area contributed by atoms with E-state index in [1.54, 1.807) is 18.2 Å². The number of benzene rings is 2. The van der Waals surface area contributed by atoms with Crippen molar-refractivity contribution in [2.75, 3.05) is 5.32 Å². The van der Waals surface area contributed by atoms with Gasteiger partial charge in [-0.15, -0.1) is 0 Å². The van der Waals surface area contributed by atoms with Gasteiger partial charge in [-0.1, -0.05) is 12.1 Å². The van der Waals surface area contributed by atoms with Gasteiger partial charge in [0.1, 0.15) is 0 Å². The molecule has 0 aromatic heterocycles. The number of primary sulfonamides is 1. The van der Waals surface area contributed by atoms with Crippen LogP contribution < -0.4 is 10.5 Å². The topological polar surface area (TPSA) is 96.0 Å². The van der Waals surface area contributed by atoms with E-state index in [1.807, 2.05) is 19.1 Å². The number of nitriles is 1. The molecule has 0 aliphatic heterocycles. The number of anilines is 1. The third-order valence-electron chi connectivity index (χ3n) is 3.10. The van der Waals surface area contributed by atoms with Crippen molar-refractivity contribution in [2.24, 2.45) is 5.14 Å². The van der Waals surface area contributed by atoms with Crippen LogP contribution in [0.4, 0.5) is 5.69 Å². The minimum atomic E-state index is -3.65. The quantitative estimate of drug-likeness (QED) is 0.904. The molecule has 0 bridgehead atoms. The highest BCUT2D eigenvalue weighted by Crippen LogP contribution is 2.16. The lowest BCUT2D eigenvalue weighted by atomic mass is 10.1. The molecule has 108 valence electrons. The van der Waals surface area contributed by atoms with Gasteiger partial charge in [0.05, 0.1) is 16.5 Å². The number of aryl methyl sites for hydroxylation is 1. The van der Waals surface area contributed by atoms with Gasteiger partial charge in [0.15, 0.2) is 0 Å². The molecule has 0 heterocycles. The average Bonchev–Trinajstić information content (AvgIpc) is 2.45. The van der Waals surface area contributed by atoms with Gasteiger partial charge in [-0.25, -0.2) is 13.6 Å². The van der Waals surface area contributed by atoms with Crippen LogP contribution in [0.3, 0.4) is 0 Å². The van der Waals surface area contributed by atoms with Crippen molar-refractivity contribution >= 4 is 15.7 Å². The summed E-state index contributed by atoms with van der Waals surface area (Å²) in [6, 6.07) is 14.0. The van der Waals surface area contributed by atoms with Gasteiger partial charge in [0.2, 0.25) is 10.0 Å². The summed E-state index contributed by atoms with van der Waals surface area (Å²) in [6.45, 7) is 2.43. The van der Waals surface area contributed by atoms with Crippen molar-refractivity contribution < 1.29 is 8.42 Å². The predicted molar refractivity (Wildman–Crippen MR) is 81.0 cm³/mol. The zero-order valence-corrected chi connectivity index (χ0v) is 12.3. The SMILES string of the molecule is Cc1cc(NCc2ccc(S(N)(=O)=O)cc2)ccc1C#N. The fourth-order valence-corrected chi connectivity index (χ4v) is 2.42. The van der Waals surface area contributed by atoms with E-state index in [1.165, 1.54) is 12.1 Å². The molecule has 3 N–H and O–H groups in total. The van der Waals surface area contributed by atoms with Crippen LogP contribution in [0.5, 0.6) is 0 Å². The summed E-state index contributed by atoms with van der Waals surface area (Å²) in [4.78, 5) is 0.0977. The summed E-state index contributed by atoms with van der Waals surface area (Å²) in [5.41, 5.74) is 3.40. The Bertz CT molecular complexity index is 791. The molecule has 2 rings (SSSR count). The minimum absolute atomic E-state index is 0.0977. The Kier molecular flexibility index (Phi) is 4.26. The molecule has 2 aromatic rings.